The standard InChI is InChI=1S/C26H37O6P/c1-17(2)21-13-12-18(3)14-22(21)32-33(28,20-10-8-7-9-11-20)26(27)19-15-23(29-4)25(31-6)24(16-19)30-5/h7-11,15-18,21-22,26-27H,12-14H2,1-6H3. The van der Waals surface area contributed by atoms with Gasteiger partial charge in [0.1, 0.15) is 0 Å². The van der Waals surface area contributed by atoms with Crippen LogP contribution in [0.25, 0.3) is 0 Å². The summed E-state index contributed by atoms with van der Waals surface area (Å²) in [4.78, 5) is 0. The van der Waals surface area contributed by atoms with Crippen molar-refractivity contribution in [2.75, 3.05) is 21.3 Å². The second-order valence-corrected chi connectivity index (χ2v) is 11.6. The molecule has 182 valence electrons. The van der Waals surface area contributed by atoms with Crippen molar-refractivity contribution in [3.63, 3.8) is 0 Å². The van der Waals surface area contributed by atoms with Crippen LogP contribution < -0.4 is 19.5 Å². The zero-order valence-electron chi connectivity index (χ0n) is 20.5. The van der Waals surface area contributed by atoms with Crippen LogP contribution in [0.3, 0.4) is 0 Å². The minimum Gasteiger partial charge on any atom is -0.493 e. The molecule has 3 rings (SSSR count). The van der Waals surface area contributed by atoms with E-state index < -0.39 is 13.2 Å². The Morgan fingerprint density at radius 2 is 1.58 bits per heavy atom. The number of aliphatic hydroxyl groups excluding tert-OH is 1. The highest BCUT2D eigenvalue weighted by atomic mass is 31.2. The lowest BCUT2D eigenvalue weighted by atomic mass is 9.75. The first-order valence-corrected chi connectivity index (χ1v) is 13.3. The summed E-state index contributed by atoms with van der Waals surface area (Å²) in [5.74, 6) is 0.947. The number of benzene rings is 2. The average Bonchev–Trinajstić information content (AvgIpc) is 2.82. The lowest BCUT2D eigenvalue weighted by Gasteiger charge is -2.39. The first kappa shape index (κ1) is 25.6. The fourth-order valence-corrected chi connectivity index (χ4v) is 7.07. The number of ether oxygens (including phenoxy) is 3. The van der Waals surface area contributed by atoms with Gasteiger partial charge in [-0.05, 0) is 60.4 Å². The molecule has 0 aromatic heterocycles. The van der Waals surface area contributed by atoms with Crippen molar-refractivity contribution in [1.29, 1.82) is 0 Å². The van der Waals surface area contributed by atoms with E-state index in [4.69, 9.17) is 18.7 Å². The molecule has 1 saturated carbocycles. The molecule has 0 spiro atoms. The molecule has 1 N–H and O–H groups in total. The second-order valence-electron chi connectivity index (χ2n) is 9.23. The van der Waals surface area contributed by atoms with Crippen molar-refractivity contribution in [3.8, 4) is 17.2 Å². The Bertz CT molecular complexity index is 936. The van der Waals surface area contributed by atoms with Crippen molar-refractivity contribution in [3.05, 3.63) is 48.0 Å². The molecular formula is C26H37O6P. The van der Waals surface area contributed by atoms with Gasteiger partial charge in [0.25, 0.3) is 7.37 Å². The van der Waals surface area contributed by atoms with Gasteiger partial charge in [-0.25, -0.2) is 0 Å². The van der Waals surface area contributed by atoms with Crippen LogP contribution in [0.4, 0.5) is 0 Å². The van der Waals surface area contributed by atoms with E-state index in [1.165, 1.54) is 21.3 Å². The molecule has 0 aliphatic heterocycles. The Kier molecular flexibility index (Phi) is 8.49. The Morgan fingerprint density at radius 3 is 2.09 bits per heavy atom. The van der Waals surface area contributed by atoms with Crippen LogP contribution in [-0.2, 0) is 9.09 Å². The Hall–Kier alpha value is -2.01. The van der Waals surface area contributed by atoms with E-state index in [9.17, 15) is 9.67 Å². The topological polar surface area (TPSA) is 74.2 Å². The third-order valence-corrected chi connectivity index (χ3v) is 9.22. The minimum atomic E-state index is -3.74. The summed E-state index contributed by atoms with van der Waals surface area (Å²) < 4.78 is 37.5. The molecule has 1 aliphatic carbocycles. The summed E-state index contributed by atoms with van der Waals surface area (Å²) in [5.41, 5.74) is 0.390. The molecule has 7 heteroatoms. The predicted molar refractivity (Wildman–Crippen MR) is 131 cm³/mol. The van der Waals surface area contributed by atoms with Gasteiger partial charge in [-0.3, -0.25) is 4.57 Å². The highest BCUT2D eigenvalue weighted by Gasteiger charge is 2.43. The van der Waals surface area contributed by atoms with Crippen molar-refractivity contribution in [2.24, 2.45) is 17.8 Å². The quantitative estimate of drug-likeness (QED) is 0.462. The van der Waals surface area contributed by atoms with Crippen molar-refractivity contribution >= 4 is 12.7 Å². The molecule has 2 aromatic rings. The molecule has 0 amide bonds. The van der Waals surface area contributed by atoms with Gasteiger partial charge in [0, 0.05) is 5.30 Å². The summed E-state index contributed by atoms with van der Waals surface area (Å²) in [6, 6.07) is 12.3. The first-order valence-electron chi connectivity index (χ1n) is 11.6. The zero-order valence-corrected chi connectivity index (χ0v) is 21.4. The maximum absolute atomic E-state index is 14.6. The summed E-state index contributed by atoms with van der Waals surface area (Å²) >= 11 is 0. The number of rotatable bonds is 9. The molecule has 0 heterocycles. The monoisotopic (exact) mass is 476 g/mol. The van der Waals surface area contributed by atoms with E-state index in [2.05, 4.69) is 20.8 Å². The van der Waals surface area contributed by atoms with Gasteiger partial charge in [-0.1, -0.05) is 45.4 Å². The van der Waals surface area contributed by atoms with Crippen LogP contribution in [0.1, 0.15) is 51.4 Å². The summed E-state index contributed by atoms with van der Waals surface area (Å²) in [6.07, 6.45) is 2.78. The number of hydrogen-bond donors (Lipinski definition) is 1. The molecule has 2 aromatic carbocycles. The number of methoxy groups -OCH3 is 3. The van der Waals surface area contributed by atoms with Gasteiger partial charge < -0.3 is 23.8 Å². The molecule has 0 bridgehead atoms. The predicted octanol–water partition coefficient (Wildman–Crippen LogP) is 5.78. The van der Waals surface area contributed by atoms with Crippen LogP contribution in [0.2, 0.25) is 0 Å². The highest BCUT2D eigenvalue weighted by molar-refractivity contribution is 7.67. The largest absolute Gasteiger partial charge is 0.493 e. The van der Waals surface area contributed by atoms with E-state index in [1.54, 1.807) is 24.3 Å². The van der Waals surface area contributed by atoms with Crippen molar-refractivity contribution in [2.45, 2.75) is 52.0 Å². The average molecular weight is 477 g/mol. The van der Waals surface area contributed by atoms with E-state index >= 15 is 0 Å². The maximum Gasteiger partial charge on any atom is 0.264 e. The molecule has 5 unspecified atom stereocenters. The fraction of sp³-hybridized carbons (Fsp3) is 0.538. The molecule has 1 aliphatic rings. The van der Waals surface area contributed by atoms with Crippen LogP contribution in [-0.4, -0.2) is 32.5 Å². The summed E-state index contributed by atoms with van der Waals surface area (Å²) in [5, 5.41) is 12.1. The van der Waals surface area contributed by atoms with Gasteiger partial charge >= 0.3 is 0 Å². The van der Waals surface area contributed by atoms with E-state index in [1.807, 2.05) is 18.2 Å². The fourth-order valence-electron chi connectivity index (χ4n) is 4.78. The van der Waals surface area contributed by atoms with E-state index in [0.717, 1.165) is 19.3 Å². The summed E-state index contributed by atoms with van der Waals surface area (Å²) in [7, 11) is 0.804. The maximum atomic E-state index is 14.6. The van der Waals surface area contributed by atoms with Crippen LogP contribution in [0.5, 0.6) is 17.2 Å². The minimum absolute atomic E-state index is 0.198. The molecule has 33 heavy (non-hydrogen) atoms. The molecule has 0 radical (unpaired) electrons. The lowest BCUT2D eigenvalue weighted by molar-refractivity contribution is 0.0427. The Morgan fingerprint density at radius 1 is 0.970 bits per heavy atom. The smallest absolute Gasteiger partial charge is 0.264 e. The van der Waals surface area contributed by atoms with Crippen LogP contribution in [0, 0.1) is 17.8 Å². The Labute approximate surface area is 197 Å². The molecular weight excluding hydrogens is 439 g/mol. The van der Waals surface area contributed by atoms with Crippen molar-refractivity contribution in [1.82, 2.24) is 0 Å². The Balaban J connectivity index is 2.09. The zero-order chi connectivity index (χ0) is 24.2. The first-order chi connectivity index (χ1) is 15.7. The number of aliphatic hydroxyl groups is 1. The van der Waals surface area contributed by atoms with Gasteiger partial charge in [-0.15, -0.1) is 0 Å². The molecule has 0 saturated heterocycles. The van der Waals surface area contributed by atoms with E-state index in [-0.39, 0.29) is 12.0 Å². The lowest BCUT2D eigenvalue weighted by Crippen LogP contribution is -2.35. The van der Waals surface area contributed by atoms with E-state index in [0.29, 0.717) is 40.0 Å². The number of hydrogen-bond acceptors (Lipinski definition) is 6. The summed E-state index contributed by atoms with van der Waals surface area (Å²) in [6.45, 7) is 6.57. The third kappa shape index (κ3) is 5.40. The molecule has 1 fully saturated rings. The highest BCUT2D eigenvalue weighted by Crippen LogP contribution is 2.61. The third-order valence-electron chi connectivity index (χ3n) is 6.68. The van der Waals surface area contributed by atoms with Crippen LogP contribution in [0.15, 0.2) is 42.5 Å². The van der Waals surface area contributed by atoms with Crippen LogP contribution >= 0.6 is 7.37 Å². The normalized spacial score (nSPS) is 23.6. The van der Waals surface area contributed by atoms with Gasteiger partial charge in [-0.2, -0.15) is 0 Å². The molecule has 6 nitrogen and oxygen atoms in total. The van der Waals surface area contributed by atoms with Gasteiger partial charge in [0.15, 0.2) is 17.3 Å². The SMILES string of the molecule is COc1cc(C(O)P(=O)(OC2CC(C)CCC2C(C)C)c2ccccc2)cc(OC)c1OC. The van der Waals surface area contributed by atoms with Gasteiger partial charge in [0.2, 0.25) is 5.75 Å². The second kappa shape index (κ2) is 10.9. The van der Waals surface area contributed by atoms with Gasteiger partial charge in [0.05, 0.1) is 27.4 Å². The molecule has 5 atom stereocenters. The van der Waals surface area contributed by atoms with Crippen molar-refractivity contribution < 1.29 is 28.4 Å².